The molecule has 0 saturated heterocycles. The average Bonchev–Trinajstić information content (AvgIpc) is 3.22. The number of hydrogen-bond acceptors (Lipinski definition) is 7. The molecule has 2 aromatic heterocycles. The molecule has 0 unspecified atom stereocenters. The van der Waals surface area contributed by atoms with E-state index in [1.54, 1.807) is 24.3 Å². The van der Waals surface area contributed by atoms with Crippen molar-refractivity contribution >= 4 is 22.9 Å². The quantitative estimate of drug-likeness (QED) is 0.416. The molecule has 0 fully saturated rings. The van der Waals surface area contributed by atoms with Gasteiger partial charge < -0.3 is 14.3 Å². The third kappa shape index (κ3) is 3.36. The van der Waals surface area contributed by atoms with Crippen LogP contribution in [0.2, 0.25) is 0 Å². The van der Waals surface area contributed by atoms with Gasteiger partial charge in [0, 0.05) is 17.0 Å². The highest BCUT2D eigenvalue weighted by Crippen LogP contribution is 2.28. The van der Waals surface area contributed by atoms with Crippen LogP contribution < -0.4 is 5.63 Å². The zero-order valence-electron chi connectivity index (χ0n) is 15.0. The molecule has 0 radical (unpaired) electrons. The molecule has 0 saturated carbocycles. The van der Waals surface area contributed by atoms with Crippen LogP contribution in [-0.4, -0.2) is 39.1 Å². The SMILES string of the molecule is COC(=O)c1cc2ccc(=O)oc2cc1-c1cn(-c2cccc(C(=O)O)c2)nn1. The van der Waals surface area contributed by atoms with E-state index in [1.807, 2.05) is 0 Å². The van der Waals surface area contributed by atoms with E-state index in [1.165, 1.54) is 42.3 Å². The first-order valence-electron chi connectivity index (χ1n) is 8.39. The Balaban J connectivity index is 1.86. The summed E-state index contributed by atoms with van der Waals surface area (Å²) >= 11 is 0. The van der Waals surface area contributed by atoms with Crippen LogP contribution in [0, 0.1) is 0 Å². The fourth-order valence-corrected chi connectivity index (χ4v) is 2.90. The summed E-state index contributed by atoms with van der Waals surface area (Å²) in [6.45, 7) is 0. The number of carbonyl (C=O) groups excluding carboxylic acids is 1. The number of methoxy groups -OCH3 is 1. The molecule has 0 bridgehead atoms. The van der Waals surface area contributed by atoms with Crippen LogP contribution in [0.15, 0.2) is 63.9 Å². The van der Waals surface area contributed by atoms with Gasteiger partial charge in [0.15, 0.2) is 0 Å². The normalized spacial score (nSPS) is 10.8. The van der Waals surface area contributed by atoms with Gasteiger partial charge in [0.2, 0.25) is 0 Å². The molecule has 9 nitrogen and oxygen atoms in total. The number of carboxylic acid groups (broad SMARTS) is 1. The summed E-state index contributed by atoms with van der Waals surface area (Å²) < 4.78 is 11.4. The number of aromatic carboxylic acids is 1. The van der Waals surface area contributed by atoms with Gasteiger partial charge in [-0.25, -0.2) is 19.1 Å². The molecule has 0 amide bonds. The first-order chi connectivity index (χ1) is 14.0. The van der Waals surface area contributed by atoms with Gasteiger partial charge in [0.05, 0.1) is 30.1 Å². The number of benzene rings is 2. The van der Waals surface area contributed by atoms with Crippen molar-refractivity contribution in [1.29, 1.82) is 0 Å². The fraction of sp³-hybridized carbons (Fsp3) is 0.0500. The predicted octanol–water partition coefficient (Wildman–Crippen LogP) is 2.53. The van der Waals surface area contributed by atoms with Crippen LogP contribution in [-0.2, 0) is 4.74 Å². The largest absolute Gasteiger partial charge is 0.478 e. The fourth-order valence-electron chi connectivity index (χ4n) is 2.90. The third-order valence-corrected chi connectivity index (χ3v) is 4.29. The zero-order valence-corrected chi connectivity index (χ0v) is 15.0. The standard InChI is InChI=1S/C20H13N3O6/c1-28-20(27)15-8-11-5-6-18(24)29-17(11)9-14(15)16-10-23(22-21-16)13-4-2-3-12(7-13)19(25)26/h2-10H,1H3,(H,25,26). The minimum absolute atomic E-state index is 0.0993. The second-order valence-corrected chi connectivity index (χ2v) is 6.09. The summed E-state index contributed by atoms with van der Waals surface area (Å²) in [4.78, 5) is 35.0. The van der Waals surface area contributed by atoms with E-state index in [0.29, 0.717) is 22.3 Å². The Hall–Kier alpha value is -4.27. The van der Waals surface area contributed by atoms with Gasteiger partial charge >= 0.3 is 17.6 Å². The first-order valence-corrected chi connectivity index (χ1v) is 8.39. The maximum Gasteiger partial charge on any atom is 0.338 e. The van der Waals surface area contributed by atoms with Crippen LogP contribution >= 0.6 is 0 Å². The minimum Gasteiger partial charge on any atom is -0.478 e. The Morgan fingerprint density at radius 1 is 1.14 bits per heavy atom. The number of ether oxygens (including phenoxy) is 1. The van der Waals surface area contributed by atoms with Crippen molar-refractivity contribution in [1.82, 2.24) is 15.0 Å². The van der Waals surface area contributed by atoms with Gasteiger partial charge in [0.25, 0.3) is 0 Å². The van der Waals surface area contributed by atoms with Crippen molar-refractivity contribution < 1.29 is 23.8 Å². The predicted molar refractivity (Wildman–Crippen MR) is 101 cm³/mol. The van der Waals surface area contributed by atoms with Crippen molar-refractivity contribution in [3.05, 3.63) is 76.3 Å². The van der Waals surface area contributed by atoms with Crippen molar-refractivity contribution in [2.75, 3.05) is 7.11 Å². The number of nitrogens with zero attached hydrogens (tertiary/aromatic N) is 3. The van der Waals surface area contributed by atoms with Gasteiger partial charge in [-0.3, -0.25) is 0 Å². The number of aromatic nitrogens is 3. The smallest absolute Gasteiger partial charge is 0.338 e. The minimum atomic E-state index is -1.07. The first kappa shape index (κ1) is 18.1. The number of carbonyl (C=O) groups is 2. The van der Waals surface area contributed by atoms with Gasteiger partial charge in [-0.15, -0.1) is 5.10 Å². The van der Waals surface area contributed by atoms with Crippen LogP contribution in [0.5, 0.6) is 0 Å². The van der Waals surface area contributed by atoms with E-state index in [0.717, 1.165) is 0 Å². The summed E-state index contributed by atoms with van der Waals surface area (Å²) in [6.07, 6.45) is 1.54. The molecule has 0 aliphatic rings. The lowest BCUT2D eigenvalue weighted by Crippen LogP contribution is -2.05. The third-order valence-electron chi connectivity index (χ3n) is 4.29. The number of esters is 1. The maximum absolute atomic E-state index is 12.3. The summed E-state index contributed by atoms with van der Waals surface area (Å²) in [5, 5.41) is 17.8. The molecule has 2 aromatic carbocycles. The maximum atomic E-state index is 12.3. The van der Waals surface area contributed by atoms with Gasteiger partial charge in [-0.2, -0.15) is 0 Å². The molecule has 0 atom stereocenters. The molecule has 4 rings (SSSR count). The zero-order chi connectivity index (χ0) is 20.5. The lowest BCUT2D eigenvalue weighted by Gasteiger charge is -2.07. The highest BCUT2D eigenvalue weighted by molar-refractivity contribution is 6.01. The molecule has 4 aromatic rings. The second-order valence-electron chi connectivity index (χ2n) is 6.09. The molecular formula is C20H13N3O6. The molecule has 0 aliphatic carbocycles. The van der Waals surface area contributed by atoms with E-state index < -0.39 is 17.6 Å². The second kappa shape index (κ2) is 7.04. The van der Waals surface area contributed by atoms with Crippen molar-refractivity contribution in [3.63, 3.8) is 0 Å². The molecular weight excluding hydrogens is 378 g/mol. The Morgan fingerprint density at radius 2 is 1.97 bits per heavy atom. The molecule has 0 aliphatic heterocycles. The molecule has 0 spiro atoms. The Morgan fingerprint density at radius 3 is 2.72 bits per heavy atom. The van der Waals surface area contributed by atoms with E-state index in [-0.39, 0.29) is 16.7 Å². The molecule has 2 heterocycles. The van der Waals surface area contributed by atoms with Crippen molar-refractivity contribution in [3.8, 4) is 16.9 Å². The van der Waals surface area contributed by atoms with Gasteiger partial charge in [0.1, 0.15) is 11.3 Å². The van der Waals surface area contributed by atoms with Crippen LogP contribution in [0.4, 0.5) is 0 Å². The highest BCUT2D eigenvalue weighted by atomic mass is 16.5. The topological polar surface area (TPSA) is 125 Å². The summed E-state index contributed by atoms with van der Waals surface area (Å²) in [5.41, 5.74) is 1.24. The van der Waals surface area contributed by atoms with Gasteiger partial charge in [-0.05, 0) is 36.4 Å². The lowest BCUT2D eigenvalue weighted by molar-refractivity contribution is 0.0600. The Bertz CT molecular complexity index is 1320. The highest BCUT2D eigenvalue weighted by Gasteiger charge is 2.19. The number of rotatable bonds is 4. The van der Waals surface area contributed by atoms with E-state index >= 15 is 0 Å². The number of hydrogen-bond donors (Lipinski definition) is 1. The number of fused-ring (bicyclic) bond motifs is 1. The van der Waals surface area contributed by atoms with Crippen LogP contribution in [0.3, 0.4) is 0 Å². The monoisotopic (exact) mass is 391 g/mol. The van der Waals surface area contributed by atoms with Gasteiger partial charge in [-0.1, -0.05) is 11.3 Å². The van der Waals surface area contributed by atoms with Crippen LogP contribution in [0.1, 0.15) is 20.7 Å². The van der Waals surface area contributed by atoms with Crippen molar-refractivity contribution in [2.45, 2.75) is 0 Å². The number of carboxylic acids is 1. The summed E-state index contributed by atoms with van der Waals surface area (Å²) in [7, 11) is 1.26. The molecule has 1 N–H and O–H groups in total. The van der Waals surface area contributed by atoms with E-state index in [2.05, 4.69) is 10.3 Å². The van der Waals surface area contributed by atoms with E-state index in [4.69, 9.17) is 14.3 Å². The van der Waals surface area contributed by atoms with E-state index in [9.17, 15) is 14.4 Å². The molecule has 9 heteroatoms. The Labute approximate surface area is 162 Å². The lowest BCUT2D eigenvalue weighted by atomic mass is 10.0. The van der Waals surface area contributed by atoms with Crippen molar-refractivity contribution in [2.24, 2.45) is 0 Å². The summed E-state index contributed by atoms with van der Waals surface area (Å²) in [5.74, 6) is -1.65. The van der Waals surface area contributed by atoms with Crippen LogP contribution in [0.25, 0.3) is 27.9 Å². The average molecular weight is 391 g/mol. The molecule has 144 valence electrons. The Kier molecular flexibility index (Phi) is 4.40. The molecule has 29 heavy (non-hydrogen) atoms. The summed E-state index contributed by atoms with van der Waals surface area (Å²) in [6, 6.07) is 12.0.